The van der Waals surface area contributed by atoms with Crippen LogP contribution in [0.1, 0.15) is 22.9 Å². The van der Waals surface area contributed by atoms with E-state index in [0.717, 1.165) is 4.88 Å². The quantitative estimate of drug-likeness (QED) is 0.827. The maximum atomic E-state index is 12.7. The Morgan fingerprint density at radius 3 is 2.83 bits per heavy atom. The molecule has 0 aliphatic carbocycles. The Balaban J connectivity index is 1.89. The van der Waals surface area contributed by atoms with Gasteiger partial charge in [-0.3, -0.25) is 4.79 Å². The summed E-state index contributed by atoms with van der Waals surface area (Å²) < 4.78 is 27.1. The van der Waals surface area contributed by atoms with E-state index in [1.54, 1.807) is 12.1 Å². The third-order valence-corrected chi connectivity index (χ3v) is 7.27. The lowest BCUT2D eigenvalue weighted by molar-refractivity contribution is -0.138. The molecule has 2 atom stereocenters. The number of carboxylic acid groups (broad SMARTS) is 1. The molecule has 8 nitrogen and oxygen atoms in total. The zero-order valence-corrected chi connectivity index (χ0v) is 14.0. The maximum Gasteiger partial charge on any atom is 0.303 e. The van der Waals surface area contributed by atoms with E-state index in [0.29, 0.717) is 5.69 Å². The van der Waals surface area contributed by atoms with Crippen LogP contribution < -0.4 is 0 Å². The molecule has 10 heteroatoms. The number of aliphatic carboxylic acids is 1. The van der Waals surface area contributed by atoms with E-state index in [2.05, 4.69) is 15.4 Å². The number of aromatic nitrogens is 3. The minimum Gasteiger partial charge on any atom is -0.481 e. The van der Waals surface area contributed by atoms with Crippen molar-refractivity contribution in [3.63, 3.8) is 0 Å². The van der Waals surface area contributed by atoms with Gasteiger partial charge in [-0.1, -0.05) is 0 Å². The number of H-pyrrole nitrogens is 1. The minimum absolute atomic E-state index is 0.104. The highest BCUT2D eigenvalue weighted by molar-refractivity contribution is 7.91. The molecule has 3 heterocycles. The first kappa shape index (κ1) is 16.1. The number of thiophene rings is 1. The zero-order chi connectivity index (χ0) is 16.6. The highest BCUT2D eigenvalue weighted by Crippen LogP contribution is 2.37. The van der Waals surface area contributed by atoms with Gasteiger partial charge in [0, 0.05) is 23.9 Å². The molecule has 2 N–H and O–H groups in total. The minimum atomic E-state index is -3.61. The molecule has 0 unspecified atom stereocenters. The molecule has 1 aliphatic rings. The SMILES string of the molecule is Cc1ccc(S(=O)(=O)N2C[C@H](CC(=O)O)[C@H](c3cn[nH]n3)C2)s1. The van der Waals surface area contributed by atoms with Gasteiger partial charge in [0.1, 0.15) is 4.21 Å². The summed E-state index contributed by atoms with van der Waals surface area (Å²) in [5.41, 5.74) is 0.594. The average Bonchev–Trinajstić information content (AvgIpc) is 3.16. The summed E-state index contributed by atoms with van der Waals surface area (Å²) in [6, 6.07) is 3.35. The fraction of sp³-hybridized carbons (Fsp3) is 0.462. The van der Waals surface area contributed by atoms with Gasteiger partial charge in [-0.15, -0.1) is 11.3 Å². The number of nitrogens with one attached hydrogen (secondary N) is 1. The molecule has 3 rings (SSSR count). The van der Waals surface area contributed by atoms with Gasteiger partial charge in [0.05, 0.1) is 18.3 Å². The Bertz CT molecular complexity index is 800. The van der Waals surface area contributed by atoms with Gasteiger partial charge in [0.2, 0.25) is 0 Å². The predicted octanol–water partition coefficient (Wildman–Crippen LogP) is 1.05. The van der Waals surface area contributed by atoms with Crippen molar-refractivity contribution in [2.45, 2.75) is 23.5 Å². The molecule has 0 radical (unpaired) electrons. The number of hydrogen-bond acceptors (Lipinski definition) is 6. The van der Waals surface area contributed by atoms with Gasteiger partial charge in [-0.25, -0.2) is 8.42 Å². The van der Waals surface area contributed by atoms with Crippen LogP contribution in [0.4, 0.5) is 0 Å². The van der Waals surface area contributed by atoms with E-state index in [4.69, 9.17) is 5.11 Å². The summed E-state index contributed by atoms with van der Waals surface area (Å²) in [5.74, 6) is -1.55. The van der Waals surface area contributed by atoms with E-state index in [9.17, 15) is 13.2 Å². The van der Waals surface area contributed by atoms with Crippen LogP contribution in [0, 0.1) is 12.8 Å². The number of aromatic amines is 1. The monoisotopic (exact) mass is 356 g/mol. The lowest BCUT2D eigenvalue weighted by Crippen LogP contribution is -2.28. The predicted molar refractivity (Wildman–Crippen MR) is 82.7 cm³/mol. The van der Waals surface area contributed by atoms with Crippen molar-refractivity contribution < 1.29 is 18.3 Å². The fourth-order valence-corrected chi connectivity index (χ4v) is 5.82. The van der Waals surface area contributed by atoms with Crippen molar-refractivity contribution in [2.24, 2.45) is 5.92 Å². The Labute approximate surface area is 137 Å². The smallest absolute Gasteiger partial charge is 0.303 e. The van der Waals surface area contributed by atoms with Crippen molar-refractivity contribution in [3.05, 3.63) is 28.9 Å². The van der Waals surface area contributed by atoms with Crippen molar-refractivity contribution in [1.29, 1.82) is 0 Å². The second-order valence-electron chi connectivity index (χ2n) is 5.55. The van der Waals surface area contributed by atoms with Gasteiger partial charge in [-0.2, -0.15) is 19.7 Å². The first-order chi connectivity index (χ1) is 10.9. The number of hydrogen-bond donors (Lipinski definition) is 2. The molecular weight excluding hydrogens is 340 g/mol. The lowest BCUT2D eigenvalue weighted by atomic mass is 9.91. The molecule has 1 fully saturated rings. The molecule has 0 amide bonds. The summed E-state index contributed by atoms with van der Waals surface area (Å²) in [5, 5.41) is 19.3. The standard InChI is InChI=1S/C13H16N4O4S2/c1-8-2-3-13(22-8)23(20,21)17-6-9(4-12(18)19)10(7-17)11-5-14-16-15-11/h2-3,5,9-10H,4,6-7H2,1H3,(H,18,19)(H,14,15,16)/t9-,10+/m0/s1. The number of rotatable bonds is 5. The van der Waals surface area contributed by atoms with Crippen molar-refractivity contribution in [1.82, 2.24) is 19.7 Å². The van der Waals surface area contributed by atoms with Crippen LogP contribution >= 0.6 is 11.3 Å². The molecule has 2 aromatic rings. The van der Waals surface area contributed by atoms with Crippen molar-refractivity contribution in [2.75, 3.05) is 13.1 Å². The molecule has 1 saturated heterocycles. The third-order valence-electron chi connectivity index (χ3n) is 3.97. The zero-order valence-electron chi connectivity index (χ0n) is 12.3. The van der Waals surface area contributed by atoms with E-state index >= 15 is 0 Å². The average molecular weight is 356 g/mol. The summed E-state index contributed by atoms with van der Waals surface area (Å²) in [6.07, 6.45) is 1.41. The second kappa shape index (κ2) is 6.02. The summed E-state index contributed by atoms with van der Waals surface area (Å²) >= 11 is 1.22. The molecule has 23 heavy (non-hydrogen) atoms. The number of carboxylic acids is 1. The fourth-order valence-electron chi connectivity index (χ4n) is 2.86. The number of sulfonamides is 1. The topological polar surface area (TPSA) is 116 Å². The summed E-state index contributed by atoms with van der Waals surface area (Å²) in [7, 11) is -3.61. The summed E-state index contributed by atoms with van der Waals surface area (Å²) in [4.78, 5) is 12.0. The number of carbonyl (C=O) groups is 1. The largest absolute Gasteiger partial charge is 0.481 e. The Hall–Kier alpha value is -1.78. The Morgan fingerprint density at radius 1 is 1.48 bits per heavy atom. The van der Waals surface area contributed by atoms with Gasteiger partial charge < -0.3 is 5.11 Å². The van der Waals surface area contributed by atoms with Crippen LogP contribution in [0.3, 0.4) is 0 Å². The van der Waals surface area contributed by atoms with Gasteiger partial charge >= 0.3 is 5.97 Å². The van der Waals surface area contributed by atoms with Crippen molar-refractivity contribution >= 4 is 27.3 Å². The van der Waals surface area contributed by atoms with Gasteiger partial charge in [0.15, 0.2) is 0 Å². The number of aryl methyl sites for hydroxylation is 1. The molecule has 1 aliphatic heterocycles. The first-order valence-electron chi connectivity index (χ1n) is 7.02. The highest BCUT2D eigenvalue weighted by atomic mass is 32.2. The molecule has 0 aromatic carbocycles. The van der Waals surface area contributed by atoms with Gasteiger partial charge in [-0.05, 0) is 25.0 Å². The second-order valence-corrected chi connectivity index (χ2v) is 9.00. The van der Waals surface area contributed by atoms with Crippen LogP contribution in [-0.2, 0) is 14.8 Å². The maximum absolute atomic E-state index is 12.7. The molecule has 0 bridgehead atoms. The van der Waals surface area contributed by atoms with Crippen LogP contribution in [0.2, 0.25) is 0 Å². The van der Waals surface area contributed by atoms with Crippen LogP contribution in [0.5, 0.6) is 0 Å². The number of nitrogens with zero attached hydrogens (tertiary/aromatic N) is 3. The Kier molecular flexibility index (Phi) is 4.21. The first-order valence-corrected chi connectivity index (χ1v) is 9.27. The third kappa shape index (κ3) is 3.14. The molecule has 0 spiro atoms. The molecule has 0 saturated carbocycles. The molecule has 124 valence electrons. The van der Waals surface area contributed by atoms with Crippen LogP contribution in [-0.4, -0.2) is 52.3 Å². The normalized spacial score (nSPS) is 22.5. The van der Waals surface area contributed by atoms with Crippen molar-refractivity contribution in [3.8, 4) is 0 Å². The van der Waals surface area contributed by atoms with Crippen LogP contribution in [0.15, 0.2) is 22.5 Å². The van der Waals surface area contributed by atoms with E-state index in [1.807, 2.05) is 6.92 Å². The summed E-state index contributed by atoms with van der Waals surface area (Å²) in [6.45, 7) is 2.23. The van der Waals surface area contributed by atoms with E-state index in [-0.39, 0.29) is 35.6 Å². The van der Waals surface area contributed by atoms with E-state index < -0.39 is 16.0 Å². The molecule has 2 aromatic heterocycles. The Morgan fingerprint density at radius 2 is 2.26 bits per heavy atom. The van der Waals surface area contributed by atoms with Crippen LogP contribution in [0.25, 0.3) is 0 Å². The highest BCUT2D eigenvalue weighted by Gasteiger charge is 2.42. The van der Waals surface area contributed by atoms with E-state index in [1.165, 1.54) is 21.8 Å². The molecular formula is C13H16N4O4S2. The lowest BCUT2D eigenvalue weighted by Gasteiger charge is -2.14. The van der Waals surface area contributed by atoms with Gasteiger partial charge in [0.25, 0.3) is 10.0 Å².